The lowest BCUT2D eigenvalue weighted by Gasteiger charge is -2.45. The molecule has 9 nitrogen and oxygen atoms in total. The molecule has 1 atom stereocenters. The lowest BCUT2D eigenvalue weighted by molar-refractivity contribution is -0.123. The number of nitrogens with one attached hydrogen (secondary N) is 2. The molecule has 1 aromatic rings. The molecule has 4 amide bonds. The number of alkyl halides is 2. The number of hydrogen-bond acceptors (Lipinski definition) is 6. The van der Waals surface area contributed by atoms with E-state index in [0.717, 1.165) is 18.7 Å². The maximum atomic E-state index is 15.1. The highest BCUT2D eigenvalue weighted by molar-refractivity contribution is 6.02. The van der Waals surface area contributed by atoms with Crippen molar-refractivity contribution >= 4 is 23.5 Å². The van der Waals surface area contributed by atoms with Gasteiger partial charge in [-0.3, -0.25) is 19.8 Å². The maximum absolute atomic E-state index is 15.1. The number of piperazine rings is 1. The summed E-state index contributed by atoms with van der Waals surface area (Å²) in [6.45, 7) is 3.12. The Hall–Kier alpha value is -2.79. The van der Waals surface area contributed by atoms with Crippen LogP contribution in [0.5, 0.6) is 0 Å². The minimum atomic E-state index is -2.86. The summed E-state index contributed by atoms with van der Waals surface area (Å²) in [5.74, 6) is -3.60. The Bertz CT molecular complexity index is 951. The number of benzene rings is 1. The van der Waals surface area contributed by atoms with Crippen LogP contribution in [0.1, 0.15) is 28.8 Å². The van der Waals surface area contributed by atoms with Gasteiger partial charge in [-0.05, 0) is 24.1 Å². The molecule has 172 valence electrons. The highest BCUT2D eigenvalue weighted by Gasteiger charge is 2.48. The standard InChI is InChI=1S/C21H26F2N6O3/c22-21(23)13-27(7-3-17(21)26-9-5-24-6-10-26)15-2-1-14-12-29(19(31)16(14)11-15)28-8-4-18(30)25-20(28)32/h1-2,11,17,24H,3-10,12-13H2,(H,25,30,32). The van der Waals surface area contributed by atoms with E-state index in [9.17, 15) is 14.4 Å². The van der Waals surface area contributed by atoms with E-state index in [1.54, 1.807) is 23.1 Å². The summed E-state index contributed by atoms with van der Waals surface area (Å²) >= 11 is 0. The number of hydrazine groups is 1. The number of urea groups is 1. The van der Waals surface area contributed by atoms with Crippen LogP contribution in [0.25, 0.3) is 0 Å². The van der Waals surface area contributed by atoms with E-state index >= 15 is 8.78 Å². The first-order chi connectivity index (χ1) is 15.3. The first-order valence-electron chi connectivity index (χ1n) is 11.0. The maximum Gasteiger partial charge on any atom is 0.342 e. The lowest BCUT2D eigenvalue weighted by Crippen LogP contribution is -2.61. The molecule has 11 heteroatoms. The van der Waals surface area contributed by atoms with Gasteiger partial charge in [0.25, 0.3) is 11.8 Å². The average molecular weight is 448 g/mol. The van der Waals surface area contributed by atoms with Crippen molar-refractivity contribution in [1.82, 2.24) is 25.6 Å². The third kappa shape index (κ3) is 3.69. The highest BCUT2D eigenvalue weighted by Crippen LogP contribution is 2.36. The van der Waals surface area contributed by atoms with Crippen LogP contribution >= 0.6 is 0 Å². The van der Waals surface area contributed by atoms with Crippen molar-refractivity contribution < 1.29 is 23.2 Å². The lowest BCUT2D eigenvalue weighted by atomic mass is 9.97. The molecule has 4 aliphatic heterocycles. The summed E-state index contributed by atoms with van der Waals surface area (Å²) in [5, 5.41) is 7.95. The second-order valence-electron chi connectivity index (χ2n) is 8.70. The Balaban J connectivity index is 1.31. The van der Waals surface area contributed by atoms with Crippen molar-refractivity contribution in [2.45, 2.75) is 31.4 Å². The van der Waals surface area contributed by atoms with Gasteiger partial charge in [0.15, 0.2) is 0 Å². The molecule has 0 saturated carbocycles. The summed E-state index contributed by atoms with van der Waals surface area (Å²) in [6.07, 6.45) is 0.473. The summed E-state index contributed by atoms with van der Waals surface area (Å²) in [5.41, 5.74) is 1.71. The molecule has 4 aliphatic rings. The van der Waals surface area contributed by atoms with E-state index in [4.69, 9.17) is 0 Å². The third-order valence-electron chi connectivity index (χ3n) is 6.72. The van der Waals surface area contributed by atoms with Crippen molar-refractivity contribution in [2.24, 2.45) is 0 Å². The zero-order valence-electron chi connectivity index (χ0n) is 17.6. The van der Waals surface area contributed by atoms with Crippen LogP contribution in [0.3, 0.4) is 0 Å². The summed E-state index contributed by atoms with van der Waals surface area (Å²) in [6, 6.07) is 3.77. The number of hydrogen-bond donors (Lipinski definition) is 2. The van der Waals surface area contributed by atoms with Crippen molar-refractivity contribution in [3.63, 3.8) is 0 Å². The van der Waals surface area contributed by atoms with Gasteiger partial charge < -0.3 is 10.2 Å². The third-order valence-corrected chi connectivity index (χ3v) is 6.72. The van der Waals surface area contributed by atoms with Crippen LogP contribution < -0.4 is 15.5 Å². The largest absolute Gasteiger partial charge is 0.365 e. The molecular formula is C21H26F2N6O3. The molecule has 0 bridgehead atoms. The Morgan fingerprint density at radius 3 is 2.50 bits per heavy atom. The number of carbonyl (C=O) groups excluding carboxylic acids is 3. The number of imide groups is 1. The zero-order chi connectivity index (χ0) is 22.5. The minimum absolute atomic E-state index is 0.119. The Morgan fingerprint density at radius 1 is 1.00 bits per heavy atom. The number of carbonyl (C=O) groups is 3. The van der Waals surface area contributed by atoms with Gasteiger partial charge in [0.2, 0.25) is 5.91 Å². The predicted molar refractivity (Wildman–Crippen MR) is 111 cm³/mol. The number of piperidine rings is 1. The molecular weight excluding hydrogens is 422 g/mol. The first-order valence-corrected chi connectivity index (χ1v) is 11.0. The molecule has 0 radical (unpaired) electrons. The molecule has 1 unspecified atom stereocenters. The quantitative estimate of drug-likeness (QED) is 0.705. The van der Waals surface area contributed by atoms with Crippen LogP contribution in [-0.2, 0) is 11.3 Å². The van der Waals surface area contributed by atoms with E-state index < -0.39 is 24.5 Å². The Labute approximate surface area is 184 Å². The van der Waals surface area contributed by atoms with E-state index in [-0.39, 0.29) is 31.3 Å². The van der Waals surface area contributed by atoms with Crippen LogP contribution in [0, 0.1) is 0 Å². The SMILES string of the molecule is O=C1CCN(N2Cc3ccc(N4CCC(N5CCNCC5)C(F)(F)C4)cc3C2=O)C(=O)N1. The van der Waals surface area contributed by atoms with Gasteiger partial charge >= 0.3 is 6.03 Å². The molecule has 0 aromatic heterocycles. The normalized spacial score (nSPS) is 26.4. The summed E-state index contributed by atoms with van der Waals surface area (Å²) in [7, 11) is 0. The van der Waals surface area contributed by atoms with Crippen LogP contribution in [0.4, 0.5) is 19.3 Å². The van der Waals surface area contributed by atoms with Crippen LogP contribution in [0.15, 0.2) is 18.2 Å². The second-order valence-corrected chi connectivity index (χ2v) is 8.70. The average Bonchev–Trinajstić information content (AvgIpc) is 3.09. The first kappa shape index (κ1) is 21.1. The van der Waals surface area contributed by atoms with Gasteiger partial charge in [0.05, 0.1) is 25.7 Å². The molecule has 32 heavy (non-hydrogen) atoms. The minimum Gasteiger partial charge on any atom is -0.365 e. The number of fused-ring (bicyclic) bond motifs is 1. The number of halogens is 2. The predicted octanol–water partition coefficient (Wildman–Crippen LogP) is 0.619. The smallest absolute Gasteiger partial charge is 0.342 e. The monoisotopic (exact) mass is 448 g/mol. The fourth-order valence-electron chi connectivity index (χ4n) is 5.04. The van der Waals surface area contributed by atoms with Gasteiger partial charge in [-0.25, -0.2) is 23.6 Å². The van der Waals surface area contributed by atoms with E-state index in [1.165, 1.54) is 10.0 Å². The van der Waals surface area contributed by atoms with Crippen molar-refractivity contribution in [3.05, 3.63) is 29.3 Å². The Kier molecular flexibility index (Phi) is 5.25. The number of rotatable bonds is 3. The van der Waals surface area contributed by atoms with Crippen molar-refractivity contribution in [2.75, 3.05) is 50.7 Å². The second kappa shape index (κ2) is 7.96. The molecule has 0 spiro atoms. The fraction of sp³-hybridized carbons (Fsp3) is 0.571. The van der Waals surface area contributed by atoms with Gasteiger partial charge in [-0.2, -0.15) is 0 Å². The molecule has 5 rings (SSSR count). The van der Waals surface area contributed by atoms with E-state index in [2.05, 4.69) is 10.6 Å². The number of amides is 4. The molecule has 3 fully saturated rings. The molecule has 1 aromatic carbocycles. The molecule has 3 saturated heterocycles. The van der Waals surface area contributed by atoms with Gasteiger partial charge in [-0.15, -0.1) is 0 Å². The van der Waals surface area contributed by atoms with Crippen LogP contribution in [0.2, 0.25) is 0 Å². The van der Waals surface area contributed by atoms with E-state index in [1.807, 2.05) is 4.90 Å². The van der Waals surface area contributed by atoms with E-state index in [0.29, 0.717) is 37.3 Å². The molecule has 4 heterocycles. The van der Waals surface area contributed by atoms with Gasteiger partial charge in [0, 0.05) is 50.4 Å². The van der Waals surface area contributed by atoms with Crippen molar-refractivity contribution in [3.8, 4) is 0 Å². The number of nitrogens with zero attached hydrogens (tertiary/aromatic N) is 4. The topological polar surface area (TPSA) is 88.2 Å². The summed E-state index contributed by atoms with van der Waals surface area (Å²) < 4.78 is 30.1. The molecule has 0 aliphatic carbocycles. The van der Waals surface area contributed by atoms with Crippen molar-refractivity contribution in [1.29, 1.82) is 0 Å². The fourth-order valence-corrected chi connectivity index (χ4v) is 5.04. The molecule has 2 N–H and O–H groups in total. The summed E-state index contributed by atoms with van der Waals surface area (Å²) in [4.78, 5) is 40.0. The van der Waals surface area contributed by atoms with Gasteiger partial charge in [-0.1, -0.05) is 6.07 Å². The number of anilines is 1. The zero-order valence-corrected chi connectivity index (χ0v) is 17.6. The van der Waals surface area contributed by atoms with Crippen LogP contribution in [-0.4, -0.2) is 90.5 Å². The van der Waals surface area contributed by atoms with Gasteiger partial charge in [0.1, 0.15) is 0 Å². The highest BCUT2D eigenvalue weighted by atomic mass is 19.3. The Morgan fingerprint density at radius 2 is 1.78 bits per heavy atom.